The molecule has 25 heavy (non-hydrogen) atoms. The summed E-state index contributed by atoms with van der Waals surface area (Å²) >= 11 is 0. The van der Waals surface area contributed by atoms with Crippen molar-refractivity contribution in [2.24, 2.45) is 0 Å². The lowest BCUT2D eigenvalue weighted by molar-refractivity contribution is -0.385. The number of nitrogens with one attached hydrogen (secondary N) is 1. The molecule has 0 amide bonds. The molecule has 3 rings (SSSR count). The highest BCUT2D eigenvalue weighted by molar-refractivity contribution is 5.71. The number of benzene rings is 1. The molecular weight excluding hydrogens is 326 g/mol. The number of anilines is 3. The molecule has 132 valence electrons. The second-order valence-corrected chi connectivity index (χ2v) is 5.49. The molecule has 1 aliphatic heterocycles. The molecule has 1 aromatic carbocycles. The predicted octanol–water partition coefficient (Wildman–Crippen LogP) is 2.28. The Kier molecular flexibility index (Phi) is 4.94. The topological polar surface area (TPSA) is 103 Å². The summed E-state index contributed by atoms with van der Waals surface area (Å²) in [5.74, 6) is 1.16. The number of nitro groups is 1. The number of nitrogens with zero attached hydrogens (tertiary/aromatic N) is 4. The highest BCUT2D eigenvalue weighted by Crippen LogP contribution is 2.33. The van der Waals surface area contributed by atoms with Gasteiger partial charge in [-0.05, 0) is 19.1 Å². The van der Waals surface area contributed by atoms with Gasteiger partial charge in [0.1, 0.15) is 11.4 Å². The minimum atomic E-state index is -0.476. The second kappa shape index (κ2) is 7.31. The minimum absolute atomic E-state index is 0.142. The maximum atomic E-state index is 11.5. The Morgan fingerprint density at radius 1 is 1.28 bits per heavy atom. The van der Waals surface area contributed by atoms with Gasteiger partial charge >= 0.3 is 5.69 Å². The number of hydrogen-bond donors (Lipinski definition) is 1. The fraction of sp³-hybridized carbons (Fsp3) is 0.375. The fourth-order valence-corrected chi connectivity index (χ4v) is 2.64. The van der Waals surface area contributed by atoms with E-state index in [4.69, 9.17) is 9.47 Å². The maximum absolute atomic E-state index is 11.5. The van der Waals surface area contributed by atoms with Gasteiger partial charge in [-0.2, -0.15) is 4.98 Å². The Hall–Kier alpha value is -2.94. The molecule has 2 heterocycles. The zero-order valence-corrected chi connectivity index (χ0v) is 14.1. The molecule has 1 aliphatic rings. The smallest absolute Gasteiger partial charge is 0.332 e. The lowest BCUT2D eigenvalue weighted by Crippen LogP contribution is -2.37. The van der Waals surface area contributed by atoms with Crippen LogP contribution in [0.4, 0.5) is 23.1 Å². The zero-order chi connectivity index (χ0) is 17.8. The van der Waals surface area contributed by atoms with Gasteiger partial charge in [-0.1, -0.05) is 12.1 Å². The fourth-order valence-electron chi connectivity index (χ4n) is 2.64. The van der Waals surface area contributed by atoms with E-state index in [1.165, 1.54) is 0 Å². The molecule has 1 aromatic heterocycles. The molecule has 1 saturated heterocycles. The van der Waals surface area contributed by atoms with E-state index >= 15 is 0 Å². The second-order valence-electron chi connectivity index (χ2n) is 5.49. The van der Waals surface area contributed by atoms with Gasteiger partial charge in [0.25, 0.3) is 0 Å². The van der Waals surface area contributed by atoms with Gasteiger partial charge in [0.15, 0.2) is 0 Å². The van der Waals surface area contributed by atoms with Crippen LogP contribution in [-0.4, -0.2) is 48.3 Å². The lowest BCUT2D eigenvalue weighted by atomic mass is 10.2. The summed E-state index contributed by atoms with van der Waals surface area (Å²) in [5, 5.41) is 14.5. The van der Waals surface area contributed by atoms with Crippen molar-refractivity contribution in [2.75, 3.05) is 43.6 Å². The number of aryl methyl sites for hydroxylation is 1. The molecule has 0 bridgehead atoms. The Labute approximate surface area is 144 Å². The van der Waals surface area contributed by atoms with Crippen molar-refractivity contribution in [3.05, 3.63) is 40.1 Å². The van der Waals surface area contributed by atoms with E-state index in [1.807, 2.05) is 17.0 Å². The van der Waals surface area contributed by atoms with Crippen LogP contribution in [0.3, 0.4) is 0 Å². The first-order chi connectivity index (χ1) is 12.1. The average molecular weight is 345 g/mol. The SMILES string of the molecule is COc1ccccc1Nc1nc(N2CCOCC2)nc(C)c1[N+](=O)[O-]. The number of aromatic nitrogens is 2. The first kappa shape index (κ1) is 16.9. The van der Waals surface area contributed by atoms with Crippen LogP contribution in [0.25, 0.3) is 0 Å². The summed E-state index contributed by atoms with van der Waals surface area (Å²) in [6.45, 7) is 4.05. The average Bonchev–Trinajstić information content (AvgIpc) is 2.62. The molecule has 1 fully saturated rings. The Bertz CT molecular complexity index is 777. The van der Waals surface area contributed by atoms with E-state index < -0.39 is 4.92 Å². The normalized spacial score (nSPS) is 14.2. The predicted molar refractivity (Wildman–Crippen MR) is 92.7 cm³/mol. The molecule has 0 radical (unpaired) electrons. The van der Waals surface area contributed by atoms with Crippen LogP contribution in [0.15, 0.2) is 24.3 Å². The Morgan fingerprint density at radius 3 is 2.68 bits per heavy atom. The number of methoxy groups -OCH3 is 1. The van der Waals surface area contributed by atoms with Crippen molar-refractivity contribution >= 4 is 23.1 Å². The van der Waals surface area contributed by atoms with Gasteiger partial charge in [-0.3, -0.25) is 10.1 Å². The van der Waals surface area contributed by atoms with Crippen molar-refractivity contribution in [3.8, 4) is 5.75 Å². The van der Waals surface area contributed by atoms with E-state index in [0.717, 1.165) is 0 Å². The molecular formula is C16H19N5O4. The van der Waals surface area contributed by atoms with Crippen LogP contribution >= 0.6 is 0 Å². The molecule has 0 aliphatic carbocycles. The first-order valence-corrected chi connectivity index (χ1v) is 7.86. The van der Waals surface area contributed by atoms with Crippen molar-refractivity contribution in [1.29, 1.82) is 0 Å². The van der Waals surface area contributed by atoms with E-state index in [0.29, 0.717) is 49.4 Å². The van der Waals surface area contributed by atoms with Gasteiger partial charge < -0.3 is 19.7 Å². The lowest BCUT2D eigenvalue weighted by Gasteiger charge is -2.27. The van der Waals surface area contributed by atoms with Crippen LogP contribution in [0.2, 0.25) is 0 Å². The van der Waals surface area contributed by atoms with Crippen molar-refractivity contribution < 1.29 is 14.4 Å². The van der Waals surface area contributed by atoms with Gasteiger partial charge in [0, 0.05) is 13.1 Å². The summed E-state index contributed by atoms with van der Waals surface area (Å²) in [7, 11) is 1.54. The number of rotatable bonds is 5. The zero-order valence-electron chi connectivity index (χ0n) is 14.1. The monoisotopic (exact) mass is 345 g/mol. The maximum Gasteiger partial charge on any atom is 0.332 e. The summed E-state index contributed by atoms with van der Waals surface area (Å²) < 4.78 is 10.6. The molecule has 0 atom stereocenters. The third-order valence-corrected chi connectivity index (χ3v) is 3.88. The van der Waals surface area contributed by atoms with Crippen LogP contribution in [0.5, 0.6) is 5.75 Å². The molecule has 0 saturated carbocycles. The summed E-state index contributed by atoms with van der Waals surface area (Å²) in [4.78, 5) is 21.7. The molecule has 0 unspecified atom stereocenters. The minimum Gasteiger partial charge on any atom is -0.495 e. The number of hydrogen-bond acceptors (Lipinski definition) is 8. The molecule has 0 spiro atoms. The largest absolute Gasteiger partial charge is 0.495 e. The van der Waals surface area contributed by atoms with E-state index in [1.54, 1.807) is 26.2 Å². The standard InChI is InChI=1S/C16H19N5O4/c1-11-14(21(22)23)15(18-12-5-3-4-6-13(12)24-2)19-16(17-11)20-7-9-25-10-8-20/h3-6H,7-10H2,1-2H3,(H,17,18,19). The first-order valence-electron chi connectivity index (χ1n) is 7.86. The van der Waals surface area contributed by atoms with Gasteiger partial charge in [0.05, 0.1) is 30.9 Å². The highest BCUT2D eigenvalue weighted by Gasteiger charge is 2.25. The number of morpholine rings is 1. The molecule has 1 N–H and O–H groups in total. The van der Waals surface area contributed by atoms with Gasteiger partial charge in [-0.25, -0.2) is 4.98 Å². The van der Waals surface area contributed by atoms with Crippen LogP contribution in [0, 0.1) is 17.0 Å². The van der Waals surface area contributed by atoms with E-state index in [9.17, 15) is 10.1 Å². The Balaban J connectivity index is 2.02. The quantitative estimate of drug-likeness (QED) is 0.650. The van der Waals surface area contributed by atoms with E-state index in [-0.39, 0.29) is 11.5 Å². The van der Waals surface area contributed by atoms with Crippen molar-refractivity contribution in [1.82, 2.24) is 9.97 Å². The van der Waals surface area contributed by atoms with Crippen molar-refractivity contribution in [3.63, 3.8) is 0 Å². The molecule has 2 aromatic rings. The summed E-state index contributed by atoms with van der Waals surface area (Å²) in [5.41, 5.74) is 0.751. The highest BCUT2D eigenvalue weighted by atomic mass is 16.6. The molecule has 9 nitrogen and oxygen atoms in total. The number of para-hydroxylation sites is 2. The Morgan fingerprint density at radius 2 is 2.00 bits per heavy atom. The van der Waals surface area contributed by atoms with Crippen LogP contribution in [-0.2, 0) is 4.74 Å². The molecule has 9 heteroatoms. The van der Waals surface area contributed by atoms with Crippen LogP contribution in [0.1, 0.15) is 5.69 Å². The van der Waals surface area contributed by atoms with Gasteiger partial charge in [0.2, 0.25) is 11.8 Å². The summed E-state index contributed by atoms with van der Waals surface area (Å²) in [6, 6.07) is 7.18. The third kappa shape index (κ3) is 3.61. The summed E-state index contributed by atoms with van der Waals surface area (Å²) in [6.07, 6.45) is 0. The van der Waals surface area contributed by atoms with Crippen molar-refractivity contribution in [2.45, 2.75) is 6.92 Å². The van der Waals surface area contributed by atoms with E-state index in [2.05, 4.69) is 15.3 Å². The van der Waals surface area contributed by atoms with Gasteiger partial charge in [-0.15, -0.1) is 0 Å². The number of ether oxygens (including phenoxy) is 2. The third-order valence-electron chi connectivity index (χ3n) is 3.88. The van der Waals surface area contributed by atoms with Crippen LogP contribution < -0.4 is 15.0 Å².